The summed E-state index contributed by atoms with van der Waals surface area (Å²) in [7, 11) is 0. The van der Waals surface area contributed by atoms with Crippen molar-refractivity contribution < 1.29 is 14.7 Å². The maximum Gasteiger partial charge on any atom is 0.313 e. The fraction of sp³-hybridized carbons (Fsp3) is 0.250. The van der Waals surface area contributed by atoms with Gasteiger partial charge in [0.1, 0.15) is 5.60 Å². The molecule has 0 radical (unpaired) electrons. The van der Waals surface area contributed by atoms with E-state index in [9.17, 15) is 14.7 Å². The van der Waals surface area contributed by atoms with E-state index < -0.39 is 17.4 Å². The first kappa shape index (κ1) is 17.5. The molecule has 0 fully saturated rings. The van der Waals surface area contributed by atoms with Gasteiger partial charge in [0, 0.05) is 15.6 Å². The van der Waals surface area contributed by atoms with Crippen molar-refractivity contribution in [2.45, 2.75) is 19.4 Å². The van der Waals surface area contributed by atoms with Gasteiger partial charge in [0.25, 0.3) is 0 Å². The Morgan fingerprint density at radius 3 is 2.65 bits per heavy atom. The minimum Gasteiger partial charge on any atom is -0.383 e. The molecule has 2 aromatic rings. The average Bonchev–Trinajstić information content (AvgIpc) is 3.04. The summed E-state index contributed by atoms with van der Waals surface area (Å²) < 4.78 is 0. The van der Waals surface area contributed by atoms with E-state index in [1.807, 2.05) is 11.4 Å². The van der Waals surface area contributed by atoms with E-state index >= 15 is 0 Å². The summed E-state index contributed by atoms with van der Waals surface area (Å²) in [6.07, 6.45) is 0. The molecule has 7 heteroatoms. The van der Waals surface area contributed by atoms with Crippen molar-refractivity contribution in [3.63, 3.8) is 0 Å². The molecule has 0 aliphatic carbocycles. The van der Waals surface area contributed by atoms with Gasteiger partial charge in [-0.15, -0.1) is 11.3 Å². The molecule has 0 bridgehead atoms. The summed E-state index contributed by atoms with van der Waals surface area (Å²) in [6.45, 7) is 3.27. The Balaban J connectivity index is 1.95. The van der Waals surface area contributed by atoms with Crippen LogP contribution in [0.4, 0.5) is 5.69 Å². The van der Waals surface area contributed by atoms with E-state index in [0.717, 1.165) is 0 Å². The molecule has 2 amide bonds. The lowest BCUT2D eigenvalue weighted by molar-refractivity contribution is -0.136. The second kappa shape index (κ2) is 7.12. The zero-order valence-electron chi connectivity index (χ0n) is 12.7. The normalized spacial score (nSPS) is 13.2. The number of amides is 2. The second-order valence-corrected chi connectivity index (χ2v) is 6.66. The maximum absolute atomic E-state index is 11.9. The Labute approximate surface area is 143 Å². The third-order valence-electron chi connectivity index (χ3n) is 3.37. The first-order chi connectivity index (χ1) is 10.8. The lowest BCUT2D eigenvalue weighted by Gasteiger charge is -2.22. The van der Waals surface area contributed by atoms with Crippen LogP contribution in [0.15, 0.2) is 35.7 Å². The Bertz CT molecular complexity index is 714. The summed E-state index contributed by atoms with van der Waals surface area (Å²) in [6, 6.07) is 8.63. The van der Waals surface area contributed by atoms with Gasteiger partial charge in [-0.1, -0.05) is 23.7 Å². The van der Waals surface area contributed by atoms with Gasteiger partial charge >= 0.3 is 11.8 Å². The molecule has 5 nitrogen and oxygen atoms in total. The van der Waals surface area contributed by atoms with Gasteiger partial charge in [-0.05, 0) is 43.0 Å². The molecule has 0 aliphatic heterocycles. The molecular weight excluding hydrogens is 336 g/mol. The van der Waals surface area contributed by atoms with Crippen molar-refractivity contribution in [1.29, 1.82) is 0 Å². The number of hydrogen-bond acceptors (Lipinski definition) is 4. The van der Waals surface area contributed by atoms with Gasteiger partial charge in [0.2, 0.25) is 0 Å². The van der Waals surface area contributed by atoms with Crippen molar-refractivity contribution in [2.75, 3.05) is 11.9 Å². The van der Waals surface area contributed by atoms with Gasteiger partial charge in [-0.3, -0.25) is 9.59 Å². The maximum atomic E-state index is 11.9. The number of carbonyl (C=O) groups excluding carboxylic acids is 2. The zero-order chi connectivity index (χ0) is 17.0. The first-order valence-electron chi connectivity index (χ1n) is 6.92. The molecule has 1 unspecified atom stereocenters. The molecule has 1 atom stereocenters. The highest BCUT2D eigenvalue weighted by Crippen LogP contribution is 2.24. The molecule has 23 heavy (non-hydrogen) atoms. The van der Waals surface area contributed by atoms with E-state index in [-0.39, 0.29) is 6.54 Å². The van der Waals surface area contributed by atoms with E-state index in [1.165, 1.54) is 11.3 Å². The first-order valence-corrected chi connectivity index (χ1v) is 8.17. The predicted molar refractivity (Wildman–Crippen MR) is 91.7 cm³/mol. The van der Waals surface area contributed by atoms with Crippen molar-refractivity contribution in [3.8, 4) is 0 Å². The summed E-state index contributed by atoms with van der Waals surface area (Å²) in [4.78, 5) is 24.5. The number of carbonyl (C=O) groups is 2. The molecule has 0 saturated carbocycles. The van der Waals surface area contributed by atoms with E-state index in [0.29, 0.717) is 21.2 Å². The van der Waals surface area contributed by atoms with E-state index in [2.05, 4.69) is 10.6 Å². The van der Waals surface area contributed by atoms with Crippen LogP contribution in [-0.2, 0) is 15.2 Å². The molecule has 3 N–H and O–H groups in total. The smallest absolute Gasteiger partial charge is 0.313 e. The van der Waals surface area contributed by atoms with Crippen LogP contribution in [0.3, 0.4) is 0 Å². The Morgan fingerprint density at radius 1 is 1.26 bits per heavy atom. The average molecular weight is 353 g/mol. The SMILES string of the molecule is Cc1c(Cl)cccc1NC(=O)C(=O)NCC(C)(O)c1cccs1. The number of aliphatic hydroxyl groups is 1. The number of halogens is 1. The van der Waals surface area contributed by atoms with Gasteiger partial charge in [-0.2, -0.15) is 0 Å². The number of nitrogens with one attached hydrogen (secondary N) is 2. The lowest BCUT2D eigenvalue weighted by Crippen LogP contribution is -2.43. The molecule has 0 aliphatic rings. The van der Waals surface area contributed by atoms with Gasteiger partial charge in [0.05, 0.1) is 6.54 Å². The van der Waals surface area contributed by atoms with Crippen LogP contribution < -0.4 is 10.6 Å². The van der Waals surface area contributed by atoms with Crippen molar-refractivity contribution >= 4 is 40.4 Å². The summed E-state index contributed by atoms with van der Waals surface area (Å²) in [5.74, 6) is -1.63. The van der Waals surface area contributed by atoms with Crippen LogP contribution >= 0.6 is 22.9 Å². The van der Waals surface area contributed by atoms with Crippen molar-refractivity contribution in [2.24, 2.45) is 0 Å². The van der Waals surface area contributed by atoms with Crippen LogP contribution in [0.1, 0.15) is 17.4 Å². The topological polar surface area (TPSA) is 78.4 Å². The second-order valence-electron chi connectivity index (χ2n) is 5.30. The van der Waals surface area contributed by atoms with Gasteiger partial charge in [0.15, 0.2) is 0 Å². The predicted octanol–water partition coefficient (Wildman–Crippen LogP) is 2.67. The molecule has 0 spiro atoms. The molecule has 2 rings (SSSR count). The van der Waals surface area contributed by atoms with Crippen LogP contribution in [-0.4, -0.2) is 23.5 Å². The van der Waals surface area contributed by atoms with E-state index in [4.69, 9.17) is 11.6 Å². The highest BCUT2D eigenvalue weighted by atomic mass is 35.5. The third kappa shape index (κ3) is 4.31. The van der Waals surface area contributed by atoms with Crippen molar-refractivity contribution in [3.05, 3.63) is 51.2 Å². The minimum absolute atomic E-state index is 0.0612. The highest BCUT2D eigenvalue weighted by Gasteiger charge is 2.26. The molecule has 122 valence electrons. The highest BCUT2D eigenvalue weighted by molar-refractivity contribution is 7.10. The van der Waals surface area contributed by atoms with Gasteiger partial charge < -0.3 is 15.7 Å². The van der Waals surface area contributed by atoms with Gasteiger partial charge in [-0.25, -0.2) is 0 Å². The van der Waals surface area contributed by atoms with E-state index in [1.54, 1.807) is 38.1 Å². The van der Waals surface area contributed by atoms with Crippen LogP contribution in [0, 0.1) is 6.92 Å². The lowest BCUT2D eigenvalue weighted by atomic mass is 10.1. The monoisotopic (exact) mass is 352 g/mol. The van der Waals surface area contributed by atoms with Crippen LogP contribution in [0.2, 0.25) is 5.02 Å². The molecular formula is C16H17ClN2O3S. The molecule has 0 saturated heterocycles. The standard InChI is InChI=1S/C16H17ClN2O3S/c1-10-11(17)5-3-6-12(10)19-15(21)14(20)18-9-16(2,22)13-7-4-8-23-13/h3-8,22H,9H2,1-2H3,(H,18,20)(H,19,21). The molecule has 1 aromatic carbocycles. The van der Waals surface area contributed by atoms with Crippen LogP contribution in [0.25, 0.3) is 0 Å². The number of benzene rings is 1. The fourth-order valence-corrected chi connectivity index (χ4v) is 2.89. The van der Waals surface area contributed by atoms with Crippen molar-refractivity contribution in [1.82, 2.24) is 5.32 Å². The Hall–Kier alpha value is -1.89. The molecule has 1 heterocycles. The number of anilines is 1. The Kier molecular flexibility index (Phi) is 5.41. The summed E-state index contributed by atoms with van der Waals surface area (Å²) in [5.41, 5.74) is -0.0700. The number of hydrogen-bond donors (Lipinski definition) is 3. The van der Waals surface area contributed by atoms with Crippen LogP contribution in [0.5, 0.6) is 0 Å². The minimum atomic E-state index is -1.23. The number of thiophene rings is 1. The summed E-state index contributed by atoms with van der Waals surface area (Å²) in [5, 5.41) is 17.6. The molecule has 1 aromatic heterocycles. The fourth-order valence-electron chi connectivity index (χ4n) is 1.93. The largest absolute Gasteiger partial charge is 0.383 e. The number of rotatable bonds is 4. The zero-order valence-corrected chi connectivity index (χ0v) is 14.3. The third-order valence-corrected chi connectivity index (χ3v) is 4.90. The Morgan fingerprint density at radius 2 is 2.00 bits per heavy atom. The summed E-state index contributed by atoms with van der Waals surface area (Å²) >= 11 is 7.35. The quantitative estimate of drug-likeness (QED) is 0.740.